The summed E-state index contributed by atoms with van der Waals surface area (Å²) < 4.78 is 23.9. The molecule has 6 nitrogen and oxygen atoms in total. The van der Waals surface area contributed by atoms with Gasteiger partial charge in [0.25, 0.3) is 5.91 Å². The molecule has 0 aliphatic rings. The molecule has 2 rings (SSSR count). The standard InChI is InChI=1S/C23H29FN2O4/c1-16(2)13-25-23(28)17(3)26(14-18-5-7-19(24)8-6-18)22(27)15-30-21-11-9-20(29-4)10-12-21/h5-12,16-17H,13-15H2,1-4H3,(H,25,28). The predicted octanol–water partition coefficient (Wildman–Crippen LogP) is 3.40. The van der Waals surface area contributed by atoms with Gasteiger partial charge in [0.05, 0.1) is 7.11 Å². The van der Waals surface area contributed by atoms with Crippen molar-refractivity contribution in [2.75, 3.05) is 20.3 Å². The zero-order chi connectivity index (χ0) is 22.1. The minimum Gasteiger partial charge on any atom is -0.497 e. The van der Waals surface area contributed by atoms with Crippen LogP contribution in [0.4, 0.5) is 4.39 Å². The molecule has 2 aromatic carbocycles. The lowest BCUT2D eigenvalue weighted by Crippen LogP contribution is -2.49. The van der Waals surface area contributed by atoms with Gasteiger partial charge in [0.2, 0.25) is 5.91 Å². The minimum absolute atomic E-state index is 0.168. The van der Waals surface area contributed by atoms with Crippen molar-refractivity contribution in [1.82, 2.24) is 10.2 Å². The van der Waals surface area contributed by atoms with Crippen LogP contribution in [0.5, 0.6) is 11.5 Å². The van der Waals surface area contributed by atoms with Crippen LogP contribution in [0.15, 0.2) is 48.5 Å². The number of ether oxygens (including phenoxy) is 2. The summed E-state index contributed by atoms with van der Waals surface area (Å²) in [6.45, 7) is 6.12. The molecule has 0 aromatic heterocycles. The number of nitrogens with one attached hydrogen (secondary N) is 1. The van der Waals surface area contributed by atoms with Gasteiger partial charge >= 0.3 is 0 Å². The highest BCUT2D eigenvalue weighted by Crippen LogP contribution is 2.18. The van der Waals surface area contributed by atoms with E-state index in [1.54, 1.807) is 50.4 Å². The maximum Gasteiger partial charge on any atom is 0.261 e. The Kier molecular flexibility index (Phi) is 8.65. The maximum atomic E-state index is 13.2. The number of methoxy groups -OCH3 is 1. The van der Waals surface area contributed by atoms with Crippen molar-refractivity contribution in [2.45, 2.75) is 33.4 Å². The van der Waals surface area contributed by atoms with Gasteiger partial charge in [0.1, 0.15) is 23.4 Å². The van der Waals surface area contributed by atoms with Gasteiger partial charge in [0.15, 0.2) is 6.61 Å². The summed E-state index contributed by atoms with van der Waals surface area (Å²) in [6, 6.07) is 12.0. The summed E-state index contributed by atoms with van der Waals surface area (Å²) in [4.78, 5) is 26.9. The second-order valence-electron chi connectivity index (χ2n) is 7.43. The molecule has 0 heterocycles. The molecule has 1 atom stereocenters. The van der Waals surface area contributed by atoms with Crippen molar-refractivity contribution in [3.05, 3.63) is 59.9 Å². The first kappa shape index (κ1) is 23.2. The van der Waals surface area contributed by atoms with E-state index in [-0.39, 0.29) is 30.8 Å². The highest BCUT2D eigenvalue weighted by atomic mass is 19.1. The molecule has 1 N–H and O–H groups in total. The fourth-order valence-electron chi connectivity index (χ4n) is 2.72. The topological polar surface area (TPSA) is 67.9 Å². The summed E-state index contributed by atoms with van der Waals surface area (Å²) in [7, 11) is 1.57. The molecular formula is C23H29FN2O4. The van der Waals surface area contributed by atoms with Gasteiger partial charge in [-0.25, -0.2) is 4.39 Å². The van der Waals surface area contributed by atoms with Gasteiger partial charge in [-0.2, -0.15) is 0 Å². The molecule has 2 amide bonds. The van der Waals surface area contributed by atoms with Gasteiger partial charge in [0, 0.05) is 13.1 Å². The normalized spacial score (nSPS) is 11.7. The fraction of sp³-hybridized carbons (Fsp3) is 0.391. The lowest BCUT2D eigenvalue weighted by atomic mass is 10.1. The second-order valence-corrected chi connectivity index (χ2v) is 7.43. The number of amides is 2. The molecule has 0 saturated heterocycles. The summed E-state index contributed by atoms with van der Waals surface area (Å²) >= 11 is 0. The van der Waals surface area contributed by atoms with Gasteiger partial charge in [-0.15, -0.1) is 0 Å². The van der Waals surface area contributed by atoms with E-state index in [0.717, 1.165) is 5.56 Å². The maximum absolute atomic E-state index is 13.2. The molecule has 7 heteroatoms. The Morgan fingerprint density at radius 1 is 1.00 bits per heavy atom. The molecule has 0 spiro atoms. The van der Waals surface area contributed by atoms with E-state index in [4.69, 9.17) is 9.47 Å². The van der Waals surface area contributed by atoms with Crippen molar-refractivity contribution in [1.29, 1.82) is 0 Å². The molecule has 0 saturated carbocycles. The quantitative estimate of drug-likeness (QED) is 0.645. The number of hydrogen-bond donors (Lipinski definition) is 1. The fourth-order valence-corrected chi connectivity index (χ4v) is 2.72. The van der Waals surface area contributed by atoms with Crippen LogP contribution < -0.4 is 14.8 Å². The monoisotopic (exact) mass is 416 g/mol. The minimum atomic E-state index is -0.708. The first-order valence-corrected chi connectivity index (χ1v) is 9.88. The molecule has 0 aliphatic heterocycles. The summed E-state index contributed by atoms with van der Waals surface area (Å²) in [6.07, 6.45) is 0. The number of halogens is 1. The van der Waals surface area contributed by atoms with Gasteiger partial charge in [-0.3, -0.25) is 9.59 Å². The van der Waals surface area contributed by atoms with E-state index < -0.39 is 6.04 Å². The van der Waals surface area contributed by atoms with Crippen LogP contribution in [0.2, 0.25) is 0 Å². The van der Waals surface area contributed by atoms with Crippen LogP contribution in [0.3, 0.4) is 0 Å². The Morgan fingerprint density at radius 2 is 1.60 bits per heavy atom. The summed E-state index contributed by atoms with van der Waals surface area (Å²) in [5.74, 6) is 0.541. The summed E-state index contributed by atoms with van der Waals surface area (Å²) in [5, 5.41) is 2.85. The van der Waals surface area contributed by atoms with Crippen molar-refractivity contribution in [3.8, 4) is 11.5 Å². The zero-order valence-electron chi connectivity index (χ0n) is 17.9. The van der Waals surface area contributed by atoms with E-state index in [1.165, 1.54) is 17.0 Å². The average Bonchev–Trinajstić information content (AvgIpc) is 2.75. The van der Waals surface area contributed by atoms with Crippen LogP contribution in [0.25, 0.3) is 0 Å². The van der Waals surface area contributed by atoms with Crippen LogP contribution in [0, 0.1) is 11.7 Å². The lowest BCUT2D eigenvalue weighted by Gasteiger charge is -2.29. The molecule has 1 unspecified atom stereocenters. The Bertz CT molecular complexity index is 822. The van der Waals surface area contributed by atoms with Crippen molar-refractivity contribution in [2.24, 2.45) is 5.92 Å². The molecule has 0 radical (unpaired) electrons. The number of carbonyl (C=O) groups excluding carboxylic acids is 2. The van der Waals surface area contributed by atoms with E-state index in [9.17, 15) is 14.0 Å². The van der Waals surface area contributed by atoms with E-state index in [2.05, 4.69) is 5.32 Å². The summed E-state index contributed by atoms with van der Waals surface area (Å²) in [5.41, 5.74) is 0.720. The van der Waals surface area contributed by atoms with Crippen LogP contribution in [0.1, 0.15) is 26.3 Å². The molecular weight excluding hydrogens is 387 g/mol. The first-order chi connectivity index (χ1) is 14.3. The molecule has 0 fully saturated rings. The van der Waals surface area contributed by atoms with Gasteiger partial charge in [-0.1, -0.05) is 26.0 Å². The molecule has 2 aromatic rings. The second kappa shape index (κ2) is 11.2. The largest absolute Gasteiger partial charge is 0.497 e. The zero-order valence-corrected chi connectivity index (χ0v) is 17.9. The Balaban J connectivity index is 2.10. The Morgan fingerprint density at radius 3 is 2.17 bits per heavy atom. The van der Waals surface area contributed by atoms with Gasteiger partial charge < -0.3 is 19.7 Å². The van der Waals surface area contributed by atoms with Gasteiger partial charge in [-0.05, 0) is 54.8 Å². The molecule has 162 valence electrons. The number of benzene rings is 2. The van der Waals surface area contributed by atoms with E-state index >= 15 is 0 Å². The number of hydrogen-bond acceptors (Lipinski definition) is 4. The third-order valence-electron chi connectivity index (χ3n) is 4.54. The van der Waals surface area contributed by atoms with Crippen LogP contribution in [-0.4, -0.2) is 43.0 Å². The SMILES string of the molecule is COc1ccc(OCC(=O)N(Cc2ccc(F)cc2)C(C)C(=O)NCC(C)C)cc1. The Hall–Kier alpha value is -3.09. The van der Waals surface area contributed by atoms with E-state index in [1.807, 2.05) is 13.8 Å². The van der Waals surface area contributed by atoms with Crippen molar-refractivity contribution >= 4 is 11.8 Å². The molecule has 30 heavy (non-hydrogen) atoms. The third-order valence-corrected chi connectivity index (χ3v) is 4.54. The third kappa shape index (κ3) is 7.06. The smallest absolute Gasteiger partial charge is 0.261 e. The highest BCUT2D eigenvalue weighted by Gasteiger charge is 2.26. The van der Waals surface area contributed by atoms with E-state index in [0.29, 0.717) is 24.0 Å². The Labute approximate surface area is 177 Å². The number of rotatable bonds is 10. The van der Waals surface area contributed by atoms with Crippen LogP contribution in [-0.2, 0) is 16.1 Å². The predicted molar refractivity (Wildman–Crippen MR) is 113 cm³/mol. The van der Waals surface area contributed by atoms with Crippen molar-refractivity contribution in [3.63, 3.8) is 0 Å². The molecule has 0 aliphatic carbocycles. The van der Waals surface area contributed by atoms with Crippen LogP contribution >= 0.6 is 0 Å². The highest BCUT2D eigenvalue weighted by molar-refractivity contribution is 5.87. The van der Waals surface area contributed by atoms with Crippen molar-refractivity contribution < 1.29 is 23.5 Å². The number of nitrogens with zero attached hydrogens (tertiary/aromatic N) is 1. The average molecular weight is 416 g/mol. The first-order valence-electron chi connectivity index (χ1n) is 9.88. The lowest BCUT2D eigenvalue weighted by molar-refractivity contribution is -0.142. The number of carbonyl (C=O) groups is 2. The molecule has 0 bridgehead atoms.